The molecule has 37 heavy (non-hydrogen) atoms. The molecule has 0 fully saturated rings. The predicted molar refractivity (Wildman–Crippen MR) is 154 cm³/mol. The standard InChI is InChI=1S/C32H46O4S/c1-21-19-20-22(2)31(23(21)3)37-32-25(5)24(4)27(15-11-7-9-13-17-29(33)34)28(26(32)6)16-12-8-10-14-18-30(35)36/h19-20H,7-18H2,1-6H3,(H,33,34)(H,35,36). The topological polar surface area (TPSA) is 74.6 Å². The van der Waals surface area contributed by atoms with Crippen LogP contribution in [0.3, 0.4) is 0 Å². The minimum Gasteiger partial charge on any atom is -0.481 e. The molecular formula is C32H46O4S. The Hall–Kier alpha value is -2.27. The fraction of sp³-hybridized carbons (Fsp3) is 0.562. The van der Waals surface area contributed by atoms with Gasteiger partial charge in [0.15, 0.2) is 0 Å². The molecule has 0 saturated heterocycles. The SMILES string of the molecule is Cc1ccc(C)c(Sc2c(C)c(C)c(CCCCCCC(=O)O)c(CCCCCCC(=O)O)c2C)c1C. The first-order valence-electron chi connectivity index (χ1n) is 13.8. The summed E-state index contributed by atoms with van der Waals surface area (Å²) in [6, 6.07) is 4.42. The molecule has 0 amide bonds. The number of rotatable bonds is 16. The van der Waals surface area contributed by atoms with Gasteiger partial charge >= 0.3 is 11.9 Å². The highest BCUT2D eigenvalue weighted by atomic mass is 32.2. The van der Waals surface area contributed by atoms with Gasteiger partial charge in [0.1, 0.15) is 0 Å². The van der Waals surface area contributed by atoms with Crippen molar-refractivity contribution >= 4 is 23.7 Å². The minimum absolute atomic E-state index is 0.256. The Kier molecular flexibility index (Phi) is 12.7. The third kappa shape index (κ3) is 9.21. The van der Waals surface area contributed by atoms with Crippen molar-refractivity contribution in [1.29, 1.82) is 0 Å². The van der Waals surface area contributed by atoms with Crippen LogP contribution in [-0.2, 0) is 22.4 Å². The predicted octanol–water partition coefficient (Wildman–Crippen LogP) is 8.84. The first-order valence-corrected chi connectivity index (χ1v) is 14.7. The smallest absolute Gasteiger partial charge is 0.303 e. The number of aryl methyl sites for hydroxylation is 2. The van der Waals surface area contributed by atoms with Gasteiger partial charge in [0.2, 0.25) is 0 Å². The third-order valence-corrected chi connectivity index (χ3v) is 9.37. The number of carboxylic acids is 2. The molecule has 2 rings (SSSR count). The molecule has 2 aromatic carbocycles. The summed E-state index contributed by atoms with van der Waals surface area (Å²) in [7, 11) is 0. The van der Waals surface area contributed by atoms with Crippen LogP contribution in [0.5, 0.6) is 0 Å². The maximum Gasteiger partial charge on any atom is 0.303 e. The second kappa shape index (κ2) is 15.2. The Bertz CT molecular complexity index is 1090. The average molecular weight is 527 g/mol. The summed E-state index contributed by atoms with van der Waals surface area (Å²) >= 11 is 1.91. The van der Waals surface area contributed by atoms with Crippen molar-refractivity contribution in [3.05, 3.63) is 56.6 Å². The summed E-state index contributed by atoms with van der Waals surface area (Å²) in [4.78, 5) is 24.4. The van der Waals surface area contributed by atoms with Gasteiger partial charge in [0.05, 0.1) is 0 Å². The zero-order valence-electron chi connectivity index (χ0n) is 23.8. The molecule has 0 radical (unpaired) electrons. The molecule has 2 N–H and O–H groups in total. The molecule has 0 unspecified atom stereocenters. The van der Waals surface area contributed by atoms with Gasteiger partial charge in [-0.15, -0.1) is 0 Å². The number of carbonyl (C=O) groups is 2. The highest BCUT2D eigenvalue weighted by Crippen LogP contribution is 2.42. The van der Waals surface area contributed by atoms with Gasteiger partial charge in [-0.1, -0.05) is 49.6 Å². The summed E-state index contributed by atoms with van der Waals surface area (Å²) in [6.45, 7) is 13.4. The van der Waals surface area contributed by atoms with Gasteiger partial charge in [-0.3, -0.25) is 9.59 Å². The van der Waals surface area contributed by atoms with Crippen molar-refractivity contribution in [2.45, 2.75) is 128 Å². The monoisotopic (exact) mass is 526 g/mol. The van der Waals surface area contributed by atoms with Crippen molar-refractivity contribution in [2.75, 3.05) is 0 Å². The van der Waals surface area contributed by atoms with Crippen molar-refractivity contribution < 1.29 is 19.8 Å². The van der Waals surface area contributed by atoms with E-state index in [4.69, 9.17) is 10.2 Å². The summed E-state index contributed by atoms with van der Waals surface area (Å²) in [5.41, 5.74) is 11.1. The average Bonchev–Trinajstić information content (AvgIpc) is 2.84. The zero-order chi connectivity index (χ0) is 27.5. The van der Waals surface area contributed by atoms with Gasteiger partial charge in [0.25, 0.3) is 0 Å². The summed E-state index contributed by atoms with van der Waals surface area (Å²) in [5.74, 6) is -1.42. The van der Waals surface area contributed by atoms with Gasteiger partial charge in [-0.2, -0.15) is 0 Å². The second-order valence-corrected chi connectivity index (χ2v) is 11.6. The van der Waals surface area contributed by atoms with Gasteiger partial charge < -0.3 is 10.2 Å². The lowest BCUT2D eigenvalue weighted by Crippen LogP contribution is -2.07. The van der Waals surface area contributed by atoms with Crippen molar-refractivity contribution in [3.8, 4) is 0 Å². The van der Waals surface area contributed by atoms with Crippen LogP contribution in [-0.4, -0.2) is 22.2 Å². The van der Waals surface area contributed by atoms with Gasteiger partial charge in [0, 0.05) is 22.6 Å². The van der Waals surface area contributed by atoms with Crippen LogP contribution in [0.15, 0.2) is 21.9 Å². The van der Waals surface area contributed by atoms with E-state index < -0.39 is 11.9 Å². The Morgan fingerprint density at radius 1 is 0.568 bits per heavy atom. The van der Waals surface area contributed by atoms with Crippen LogP contribution in [0.2, 0.25) is 0 Å². The first-order chi connectivity index (χ1) is 17.5. The van der Waals surface area contributed by atoms with Crippen LogP contribution in [0, 0.1) is 41.5 Å². The van der Waals surface area contributed by atoms with E-state index in [0.717, 1.165) is 64.2 Å². The maximum atomic E-state index is 10.8. The molecule has 0 aromatic heterocycles. The van der Waals surface area contributed by atoms with Gasteiger partial charge in [-0.05, 0) is 125 Å². The largest absolute Gasteiger partial charge is 0.481 e. The van der Waals surface area contributed by atoms with E-state index in [-0.39, 0.29) is 12.8 Å². The molecule has 204 valence electrons. The number of aliphatic carboxylic acids is 2. The Balaban J connectivity index is 2.29. The second-order valence-electron chi connectivity index (χ2n) is 10.5. The van der Waals surface area contributed by atoms with Crippen LogP contribution in [0.1, 0.15) is 109 Å². The number of carboxylic acid groups (broad SMARTS) is 2. The molecule has 4 nitrogen and oxygen atoms in total. The molecule has 0 saturated carbocycles. The minimum atomic E-state index is -0.709. The molecular weight excluding hydrogens is 480 g/mol. The molecule has 0 atom stereocenters. The Morgan fingerprint density at radius 2 is 1.03 bits per heavy atom. The molecule has 0 heterocycles. The summed E-state index contributed by atoms with van der Waals surface area (Å²) in [5, 5.41) is 17.8. The lowest BCUT2D eigenvalue weighted by atomic mass is 9.87. The molecule has 0 aliphatic carbocycles. The third-order valence-electron chi connectivity index (χ3n) is 7.73. The maximum absolute atomic E-state index is 10.8. The number of hydrogen-bond donors (Lipinski definition) is 2. The van der Waals surface area contributed by atoms with Gasteiger partial charge in [-0.25, -0.2) is 0 Å². The highest BCUT2D eigenvalue weighted by Gasteiger charge is 2.19. The van der Waals surface area contributed by atoms with E-state index >= 15 is 0 Å². The molecule has 0 bridgehead atoms. The number of hydrogen-bond acceptors (Lipinski definition) is 3. The zero-order valence-corrected chi connectivity index (χ0v) is 24.6. The van der Waals surface area contributed by atoms with Crippen molar-refractivity contribution in [3.63, 3.8) is 0 Å². The highest BCUT2D eigenvalue weighted by molar-refractivity contribution is 7.99. The first kappa shape index (κ1) is 31.0. The van der Waals surface area contributed by atoms with E-state index in [0.29, 0.717) is 0 Å². The molecule has 2 aromatic rings. The van der Waals surface area contributed by atoms with Crippen LogP contribution in [0.25, 0.3) is 0 Å². The van der Waals surface area contributed by atoms with Crippen molar-refractivity contribution in [1.82, 2.24) is 0 Å². The molecule has 0 aliphatic heterocycles. The van der Waals surface area contributed by atoms with E-state index in [1.54, 1.807) is 0 Å². The molecule has 5 heteroatoms. The fourth-order valence-corrected chi connectivity index (χ4v) is 6.47. The lowest BCUT2D eigenvalue weighted by Gasteiger charge is -2.24. The summed E-state index contributed by atoms with van der Waals surface area (Å²) in [6.07, 6.45) is 10.2. The van der Waals surface area contributed by atoms with E-state index in [1.165, 1.54) is 54.3 Å². The molecule has 0 aliphatic rings. The summed E-state index contributed by atoms with van der Waals surface area (Å²) < 4.78 is 0. The van der Waals surface area contributed by atoms with E-state index in [1.807, 2.05) is 11.8 Å². The van der Waals surface area contributed by atoms with E-state index in [2.05, 4.69) is 53.7 Å². The van der Waals surface area contributed by atoms with E-state index in [9.17, 15) is 9.59 Å². The van der Waals surface area contributed by atoms with Crippen LogP contribution >= 0.6 is 11.8 Å². The fourth-order valence-electron chi connectivity index (χ4n) is 5.15. The van der Waals surface area contributed by atoms with Crippen LogP contribution in [0.4, 0.5) is 0 Å². The normalized spacial score (nSPS) is 11.2. The molecule has 0 spiro atoms. The number of benzene rings is 2. The number of unbranched alkanes of at least 4 members (excludes halogenated alkanes) is 6. The Labute approximate surface area is 228 Å². The Morgan fingerprint density at radius 3 is 1.54 bits per heavy atom. The van der Waals surface area contributed by atoms with Crippen molar-refractivity contribution in [2.24, 2.45) is 0 Å². The van der Waals surface area contributed by atoms with Crippen LogP contribution < -0.4 is 0 Å². The quantitative estimate of drug-likeness (QED) is 0.214. The lowest BCUT2D eigenvalue weighted by molar-refractivity contribution is -0.138.